The summed E-state index contributed by atoms with van der Waals surface area (Å²) in [6.45, 7) is 4.47. The molecule has 6 nitrogen and oxygen atoms in total. The first kappa shape index (κ1) is 17.7. The zero-order valence-electron chi connectivity index (χ0n) is 13.1. The van der Waals surface area contributed by atoms with E-state index in [0.717, 1.165) is 5.56 Å². The van der Waals surface area contributed by atoms with E-state index in [1.165, 1.54) is 4.90 Å². The van der Waals surface area contributed by atoms with Crippen LogP contribution in [0.4, 0.5) is 0 Å². The SMILES string of the molecule is CCNC(=O)CN(CC)C(=O)CNC(=O)Cc1ccccc1. The predicted molar refractivity (Wildman–Crippen MR) is 84.1 cm³/mol. The molecule has 1 aromatic rings. The Kier molecular flexibility index (Phi) is 7.67. The highest BCUT2D eigenvalue weighted by Crippen LogP contribution is 1.99. The third-order valence-electron chi connectivity index (χ3n) is 3.09. The minimum atomic E-state index is -0.268. The predicted octanol–water partition coefficient (Wildman–Crippen LogP) is 0.330. The van der Waals surface area contributed by atoms with E-state index >= 15 is 0 Å². The normalized spacial score (nSPS) is 9.91. The number of hydrogen-bond donors (Lipinski definition) is 2. The van der Waals surface area contributed by atoms with Gasteiger partial charge in [0, 0.05) is 13.1 Å². The number of benzene rings is 1. The molecule has 0 unspecified atom stereocenters. The van der Waals surface area contributed by atoms with Crippen molar-refractivity contribution in [2.75, 3.05) is 26.2 Å². The topological polar surface area (TPSA) is 78.5 Å². The molecule has 0 spiro atoms. The minimum absolute atomic E-state index is 0.0116. The second-order valence-corrected chi connectivity index (χ2v) is 4.80. The number of likely N-dealkylation sites (N-methyl/N-ethyl adjacent to an activating group) is 2. The van der Waals surface area contributed by atoms with Crippen LogP contribution in [-0.2, 0) is 20.8 Å². The number of amides is 3. The van der Waals surface area contributed by atoms with E-state index in [2.05, 4.69) is 10.6 Å². The van der Waals surface area contributed by atoms with Gasteiger partial charge in [0.15, 0.2) is 0 Å². The van der Waals surface area contributed by atoms with Gasteiger partial charge < -0.3 is 15.5 Å². The molecule has 0 aliphatic rings. The largest absolute Gasteiger partial charge is 0.355 e. The van der Waals surface area contributed by atoms with Crippen molar-refractivity contribution in [3.63, 3.8) is 0 Å². The average molecular weight is 305 g/mol. The van der Waals surface area contributed by atoms with E-state index in [-0.39, 0.29) is 37.2 Å². The highest BCUT2D eigenvalue weighted by atomic mass is 16.2. The van der Waals surface area contributed by atoms with E-state index in [4.69, 9.17) is 0 Å². The molecule has 0 fully saturated rings. The molecule has 1 rings (SSSR count). The molecular formula is C16H23N3O3. The number of carbonyl (C=O) groups excluding carboxylic acids is 3. The van der Waals surface area contributed by atoms with Gasteiger partial charge in [0.1, 0.15) is 0 Å². The molecule has 0 aliphatic heterocycles. The first-order valence-corrected chi connectivity index (χ1v) is 7.41. The van der Waals surface area contributed by atoms with Crippen molar-refractivity contribution in [2.24, 2.45) is 0 Å². The van der Waals surface area contributed by atoms with E-state index in [9.17, 15) is 14.4 Å². The fourth-order valence-corrected chi connectivity index (χ4v) is 1.93. The lowest BCUT2D eigenvalue weighted by atomic mass is 10.1. The first-order valence-electron chi connectivity index (χ1n) is 7.41. The maximum Gasteiger partial charge on any atom is 0.242 e. The van der Waals surface area contributed by atoms with Crippen LogP contribution < -0.4 is 10.6 Å². The third kappa shape index (κ3) is 6.39. The van der Waals surface area contributed by atoms with Crippen LogP contribution in [0, 0.1) is 0 Å². The maximum absolute atomic E-state index is 12.0. The lowest BCUT2D eigenvalue weighted by Gasteiger charge is -2.20. The summed E-state index contributed by atoms with van der Waals surface area (Å²) in [5.41, 5.74) is 0.891. The number of nitrogens with zero attached hydrogens (tertiary/aromatic N) is 1. The smallest absolute Gasteiger partial charge is 0.242 e. The molecule has 0 saturated carbocycles. The highest BCUT2D eigenvalue weighted by Gasteiger charge is 2.15. The molecule has 0 saturated heterocycles. The Bertz CT molecular complexity index is 503. The van der Waals surface area contributed by atoms with Crippen LogP contribution in [0.5, 0.6) is 0 Å². The summed E-state index contributed by atoms with van der Waals surface area (Å²) in [4.78, 5) is 36.7. The van der Waals surface area contributed by atoms with E-state index in [0.29, 0.717) is 13.1 Å². The van der Waals surface area contributed by atoms with E-state index < -0.39 is 0 Å². The molecule has 0 heterocycles. The van der Waals surface area contributed by atoms with Crippen LogP contribution in [0.2, 0.25) is 0 Å². The number of nitrogens with one attached hydrogen (secondary N) is 2. The Hall–Kier alpha value is -2.37. The lowest BCUT2D eigenvalue weighted by molar-refractivity contribution is -0.136. The van der Waals surface area contributed by atoms with Gasteiger partial charge in [0.2, 0.25) is 17.7 Å². The zero-order valence-corrected chi connectivity index (χ0v) is 13.1. The summed E-state index contributed by atoms with van der Waals surface area (Å²) in [7, 11) is 0. The Morgan fingerprint density at radius 1 is 1.00 bits per heavy atom. The van der Waals surface area contributed by atoms with Gasteiger partial charge >= 0.3 is 0 Å². The highest BCUT2D eigenvalue weighted by molar-refractivity contribution is 5.88. The van der Waals surface area contributed by atoms with Gasteiger partial charge in [-0.15, -0.1) is 0 Å². The lowest BCUT2D eigenvalue weighted by Crippen LogP contribution is -2.45. The second-order valence-electron chi connectivity index (χ2n) is 4.80. The third-order valence-corrected chi connectivity index (χ3v) is 3.09. The molecule has 22 heavy (non-hydrogen) atoms. The summed E-state index contributed by atoms with van der Waals surface area (Å²) in [5, 5.41) is 5.23. The Morgan fingerprint density at radius 2 is 1.68 bits per heavy atom. The van der Waals surface area contributed by atoms with Crippen molar-refractivity contribution in [1.29, 1.82) is 0 Å². The Labute approximate surface area is 130 Å². The summed E-state index contributed by atoms with van der Waals surface area (Å²) in [5.74, 6) is -0.683. The van der Waals surface area contributed by atoms with Crippen molar-refractivity contribution in [3.05, 3.63) is 35.9 Å². The molecule has 1 aromatic carbocycles. The van der Waals surface area contributed by atoms with Gasteiger partial charge in [-0.25, -0.2) is 0 Å². The minimum Gasteiger partial charge on any atom is -0.355 e. The molecule has 0 bridgehead atoms. The fraction of sp³-hybridized carbons (Fsp3) is 0.438. The molecule has 0 aromatic heterocycles. The summed E-state index contributed by atoms with van der Waals surface area (Å²) >= 11 is 0. The monoisotopic (exact) mass is 305 g/mol. The van der Waals surface area contributed by atoms with Crippen molar-refractivity contribution < 1.29 is 14.4 Å². The second kappa shape index (κ2) is 9.55. The van der Waals surface area contributed by atoms with Crippen LogP contribution in [0.25, 0.3) is 0 Å². The Morgan fingerprint density at radius 3 is 2.27 bits per heavy atom. The van der Waals surface area contributed by atoms with Gasteiger partial charge in [-0.2, -0.15) is 0 Å². The quantitative estimate of drug-likeness (QED) is 0.726. The van der Waals surface area contributed by atoms with E-state index in [1.807, 2.05) is 37.3 Å². The maximum atomic E-state index is 12.0. The zero-order chi connectivity index (χ0) is 16.4. The van der Waals surface area contributed by atoms with Gasteiger partial charge in [-0.05, 0) is 19.4 Å². The van der Waals surface area contributed by atoms with Crippen LogP contribution in [0.3, 0.4) is 0 Å². The molecule has 3 amide bonds. The molecule has 6 heteroatoms. The molecule has 120 valence electrons. The standard InChI is InChI=1S/C16H23N3O3/c1-3-17-15(21)12-19(4-2)16(22)11-18-14(20)10-13-8-6-5-7-9-13/h5-9H,3-4,10-12H2,1-2H3,(H,17,21)(H,18,20). The van der Waals surface area contributed by atoms with E-state index in [1.54, 1.807) is 6.92 Å². The summed E-state index contributed by atoms with van der Waals surface area (Å²) in [6, 6.07) is 9.31. The number of rotatable bonds is 8. The van der Waals surface area contributed by atoms with Crippen LogP contribution >= 0.6 is 0 Å². The fourth-order valence-electron chi connectivity index (χ4n) is 1.93. The molecule has 0 aliphatic carbocycles. The summed E-state index contributed by atoms with van der Waals surface area (Å²) in [6.07, 6.45) is 0.233. The molecular weight excluding hydrogens is 282 g/mol. The molecule has 0 radical (unpaired) electrons. The van der Waals surface area contributed by atoms with Crippen molar-refractivity contribution in [3.8, 4) is 0 Å². The van der Waals surface area contributed by atoms with Crippen LogP contribution in [0.15, 0.2) is 30.3 Å². The number of carbonyl (C=O) groups is 3. The van der Waals surface area contributed by atoms with Crippen LogP contribution in [0.1, 0.15) is 19.4 Å². The summed E-state index contributed by atoms with van der Waals surface area (Å²) < 4.78 is 0. The van der Waals surface area contributed by atoms with Gasteiger partial charge in [0.05, 0.1) is 19.5 Å². The Balaban J connectivity index is 2.39. The average Bonchev–Trinajstić information content (AvgIpc) is 2.51. The van der Waals surface area contributed by atoms with Crippen LogP contribution in [-0.4, -0.2) is 48.8 Å². The van der Waals surface area contributed by atoms with Gasteiger partial charge in [-0.1, -0.05) is 30.3 Å². The van der Waals surface area contributed by atoms with Crippen molar-refractivity contribution in [2.45, 2.75) is 20.3 Å². The van der Waals surface area contributed by atoms with Gasteiger partial charge in [-0.3, -0.25) is 14.4 Å². The van der Waals surface area contributed by atoms with Gasteiger partial charge in [0.25, 0.3) is 0 Å². The molecule has 0 atom stereocenters. The van der Waals surface area contributed by atoms with Crippen molar-refractivity contribution >= 4 is 17.7 Å². The first-order chi connectivity index (χ1) is 10.6. The number of hydrogen-bond acceptors (Lipinski definition) is 3. The van der Waals surface area contributed by atoms with Crippen molar-refractivity contribution in [1.82, 2.24) is 15.5 Å². The molecule has 2 N–H and O–H groups in total.